The van der Waals surface area contributed by atoms with Gasteiger partial charge >= 0.3 is 0 Å². The van der Waals surface area contributed by atoms with Gasteiger partial charge in [0, 0.05) is 0 Å². The van der Waals surface area contributed by atoms with Gasteiger partial charge < -0.3 is 10.1 Å². The van der Waals surface area contributed by atoms with E-state index in [-0.39, 0.29) is 0 Å². The minimum atomic E-state index is 0.561. The molecule has 0 unspecified atom stereocenters. The van der Waals surface area contributed by atoms with Crippen molar-refractivity contribution in [3.8, 4) is 5.75 Å². The maximum Gasteiger partial charge on any atom is 0.156 e. The molecule has 0 radical (unpaired) electrons. The molecule has 0 saturated heterocycles. The molecule has 0 aliphatic rings. The Hall–Kier alpha value is -0.440. The summed E-state index contributed by atoms with van der Waals surface area (Å²) in [6.45, 7) is 4.62. The summed E-state index contributed by atoms with van der Waals surface area (Å²) in [5.41, 5.74) is 0. The van der Waals surface area contributed by atoms with Crippen LogP contribution in [0.15, 0.2) is 18.2 Å². The van der Waals surface area contributed by atoms with Crippen LogP contribution in [0.25, 0.3) is 0 Å². The quantitative estimate of drug-likeness (QED) is 0.779. The lowest BCUT2D eigenvalue weighted by molar-refractivity contribution is 0.309. The fourth-order valence-corrected chi connectivity index (χ4v) is 1.68. The fraction of sp³-hybridized carbons (Fsp3) is 0.455. The van der Waals surface area contributed by atoms with E-state index in [0.29, 0.717) is 22.4 Å². The Labute approximate surface area is 101 Å². The van der Waals surface area contributed by atoms with Gasteiger partial charge in [0.2, 0.25) is 0 Å². The molecule has 0 aliphatic heterocycles. The second-order valence-corrected chi connectivity index (χ2v) is 3.92. The van der Waals surface area contributed by atoms with Crippen molar-refractivity contribution in [2.75, 3.05) is 19.7 Å². The molecule has 84 valence electrons. The molecule has 0 fully saturated rings. The van der Waals surface area contributed by atoms with Crippen LogP contribution in [0.2, 0.25) is 10.0 Å². The molecule has 0 aliphatic carbocycles. The number of halogens is 2. The van der Waals surface area contributed by atoms with Crippen LogP contribution in [-0.4, -0.2) is 19.7 Å². The average Bonchev–Trinajstić information content (AvgIpc) is 2.21. The zero-order valence-electron chi connectivity index (χ0n) is 8.72. The first-order valence-electron chi connectivity index (χ1n) is 5.03. The Morgan fingerprint density at radius 3 is 2.53 bits per heavy atom. The number of ether oxygens (including phenoxy) is 1. The van der Waals surface area contributed by atoms with Gasteiger partial charge in [-0.05, 0) is 31.6 Å². The fourth-order valence-electron chi connectivity index (χ4n) is 1.17. The second kappa shape index (κ2) is 6.94. The van der Waals surface area contributed by atoms with Gasteiger partial charge in [-0.25, -0.2) is 0 Å². The zero-order valence-corrected chi connectivity index (χ0v) is 10.2. The van der Waals surface area contributed by atoms with E-state index < -0.39 is 0 Å². The molecule has 0 spiro atoms. The van der Waals surface area contributed by atoms with Gasteiger partial charge in [-0.3, -0.25) is 0 Å². The highest BCUT2D eigenvalue weighted by molar-refractivity contribution is 6.37. The van der Waals surface area contributed by atoms with Crippen LogP contribution in [0, 0.1) is 0 Å². The normalized spacial score (nSPS) is 10.3. The molecule has 0 amide bonds. The van der Waals surface area contributed by atoms with Crippen molar-refractivity contribution in [2.24, 2.45) is 0 Å². The summed E-state index contributed by atoms with van der Waals surface area (Å²) in [4.78, 5) is 0. The predicted molar refractivity (Wildman–Crippen MR) is 65.1 cm³/mol. The highest BCUT2D eigenvalue weighted by atomic mass is 35.5. The topological polar surface area (TPSA) is 21.3 Å². The standard InChI is InChI=1S/C11H15Cl2NO/c1-2-14-7-4-8-15-11-9(12)5-3-6-10(11)13/h3,5-6,14H,2,4,7-8H2,1H3. The lowest BCUT2D eigenvalue weighted by atomic mass is 10.3. The van der Waals surface area contributed by atoms with Crippen LogP contribution in [0.5, 0.6) is 5.75 Å². The van der Waals surface area contributed by atoms with Crippen LogP contribution in [0.4, 0.5) is 0 Å². The van der Waals surface area contributed by atoms with Crippen LogP contribution in [-0.2, 0) is 0 Å². The molecule has 15 heavy (non-hydrogen) atoms. The van der Waals surface area contributed by atoms with E-state index in [2.05, 4.69) is 12.2 Å². The van der Waals surface area contributed by atoms with Gasteiger partial charge in [0.05, 0.1) is 16.7 Å². The number of hydrogen-bond acceptors (Lipinski definition) is 2. The molecule has 1 aromatic rings. The lowest BCUT2D eigenvalue weighted by Gasteiger charge is -2.09. The van der Waals surface area contributed by atoms with Gasteiger partial charge in [-0.15, -0.1) is 0 Å². The molecule has 1 N–H and O–H groups in total. The van der Waals surface area contributed by atoms with E-state index in [0.717, 1.165) is 19.5 Å². The lowest BCUT2D eigenvalue weighted by Crippen LogP contribution is -2.16. The maximum atomic E-state index is 5.94. The number of benzene rings is 1. The first kappa shape index (κ1) is 12.6. The van der Waals surface area contributed by atoms with Crippen molar-refractivity contribution in [1.82, 2.24) is 5.32 Å². The Kier molecular flexibility index (Phi) is 5.84. The van der Waals surface area contributed by atoms with E-state index in [1.807, 2.05) is 0 Å². The summed E-state index contributed by atoms with van der Waals surface area (Å²) in [6, 6.07) is 5.34. The molecular formula is C11H15Cl2NO. The van der Waals surface area contributed by atoms with Gasteiger partial charge in [0.15, 0.2) is 5.75 Å². The second-order valence-electron chi connectivity index (χ2n) is 3.11. The summed E-state index contributed by atoms with van der Waals surface area (Å²) in [5.74, 6) is 0.581. The van der Waals surface area contributed by atoms with Gasteiger partial charge in [-0.2, -0.15) is 0 Å². The Bertz CT molecular complexity index is 284. The van der Waals surface area contributed by atoms with Gasteiger partial charge in [0.1, 0.15) is 0 Å². The molecule has 0 atom stereocenters. The zero-order chi connectivity index (χ0) is 11.1. The van der Waals surface area contributed by atoms with Crippen LogP contribution < -0.4 is 10.1 Å². The molecule has 1 aromatic carbocycles. The monoisotopic (exact) mass is 247 g/mol. The largest absolute Gasteiger partial charge is 0.490 e. The summed E-state index contributed by atoms with van der Waals surface area (Å²) in [5, 5.41) is 4.34. The van der Waals surface area contributed by atoms with Crippen molar-refractivity contribution in [3.05, 3.63) is 28.2 Å². The summed E-state index contributed by atoms with van der Waals surface area (Å²) < 4.78 is 5.51. The maximum absolute atomic E-state index is 5.94. The van der Waals surface area contributed by atoms with Crippen molar-refractivity contribution >= 4 is 23.2 Å². The highest BCUT2D eigenvalue weighted by Crippen LogP contribution is 2.32. The summed E-state index contributed by atoms with van der Waals surface area (Å²) in [7, 11) is 0. The Balaban J connectivity index is 2.37. The predicted octanol–water partition coefficient (Wildman–Crippen LogP) is 3.37. The molecule has 0 bridgehead atoms. The Morgan fingerprint density at radius 2 is 1.93 bits per heavy atom. The first-order valence-corrected chi connectivity index (χ1v) is 5.78. The van der Waals surface area contributed by atoms with E-state index in [1.165, 1.54) is 0 Å². The molecule has 1 rings (SSSR count). The van der Waals surface area contributed by atoms with E-state index in [1.54, 1.807) is 18.2 Å². The van der Waals surface area contributed by atoms with E-state index in [9.17, 15) is 0 Å². The van der Waals surface area contributed by atoms with Crippen LogP contribution in [0.3, 0.4) is 0 Å². The molecule has 4 heteroatoms. The molecule has 0 saturated carbocycles. The molecule has 2 nitrogen and oxygen atoms in total. The minimum absolute atomic E-state index is 0.561. The van der Waals surface area contributed by atoms with Crippen molar-refractivity contribution < 1.29 is 4.74 Å². The van der Waals surface area contributed by atoms with Crippen molar-refractivity contribution in [2.45, 2.75) is 13.3 Å². The third kappa shape index (κ3) is 4.29. The van der Waals surface area contributed by atoms with Crippen molar-refractivity contribution in [3.63, 3.8) is 0 Å². The number of hydrogen-bond donors (Lipinski definition) is 1. The third-order valence-corrected chi connectivity index (χ3v) is 2.51. The van der Waals surface area contributed by atoms with Crippen LogP contribution in [0.1, 0.15) is 13.3 Å². The molecular weight excluding hydrogens is 233 g/mol. The average molecular weight is 248 g/mol. The van der Waals surface area contributed by atoms with E-state index >= 15 is 0 Å². The summed E-state index contributed by atoms with van der Waals surface area (Å²) in [6.07, 6.45) is 0.940. The van der Waals surface area contributed by atoms with Crippen LogP contribution >= 0.6 is 23.2 Å². The molecule has 0 heterocycles. The number of nitrogens with one attached hydrogen (secondary N) is 1. The number of para-hydroxylation sites is 1. The Morgan fingerprint density at radius 1 is 1.27 bits per heavy atom. The van der Waals surface area contributed by atoms with E-state index in [4.69, 9.17) is 27.9 Å². The van der Waals surface area contributed by atoms with Gasteiger partial charge in [-0.1, -0.05) is 36.2 Å². The third-order valence-electron chi connectivity index (χ3n) is 1.91. The minimum Gasteiger partial charge on any atom is -0.490 e. The SMILES string of the molecule is CCNCCCOc1c(Cl)cccc1Cl. The number of rotatable bonds is 6. The van der Waals surface area contributed by atoms with Gasteiger partial charge in [0.25, 0.3) is 0 Å². The first-order chi connectivity index (χ1) is 7.25. The molecule has 0 aromatic heterocycles. The smallest absolute Gasteiger partial charge is 0.156 e. The van der Waals surface area contributed by atoms with Crippen molar-refractivity contribution in [1.29, 1.82) is 0 Å². The summed E-state index contributed by atoms with van der Waals surface area (Å²) >= 11 is 11.9. The highest BCUT2D eigenvalue weighted by Gasteiger charge is 2.05.